The third kappa shape index (κ3) is 4.92. The molecule has 1 aliphatic heterocycles. The summed E-state index contributed by atoms with van der Waals surface area (Å²) in [5, 5.41) is -0.161. The smallest absolute Gasteiger partial charge is 0.493 e. The molecule has 12 heteroatoms. The van der Waals surface area contributed by atoms with Crippen molar-refractivity contribution in [3.63, 3.8) is 0 Å². The number of nitrogens with zero attached hydrogens (tertiary/aromatic N) is 2. The van der Waals surface area contributed by atoms with Gasteiger partial charge in [-0.1, -0.05) is 30.0 Å². The molecule has 2 heterocycles. The summed E-state index contributed by atoms with van der Waals surface area (Å²) < 4.78 is 60.4. The van der Waals surface area contributed by atoms with Crippen molar-refractivity contribution in [3.05, 3.63) is 54.4 Å². The first-order valence-corrected chi connectivity index (χ1v) is 10.8. The quantitative estimate of drug-likeness (QED) is 0.506. The van der Waals surface area contributed by atoms with Crippen LogP contribution in [0.1, 0.15) is 5.56 Å². The highest BCUT2D eigenvalue weighted by Gasteiger charge is 2.36. The Morgan fingerprint density at radius 1 is 1.15 bits per heavy atom. The number of fused-ring (bicyclic) bond motifs is 1. The van der Waals surface area contributed by atoms with Crippen LogP contribution in [0.3, 0.4) is 0 Å². The van der Waals surface area contributed by atoms with Crippen molar-refractivity contribution in [3.8, 4) is 17.2 Å². The van der Waals surface area contributed by atoms with Crippen LogP contribution >= 0.6 is 11.8 Å². The summed E-state index contributed by atoms with van der Waals surface area (Å²) >= 11 is 1.17. The summed E-state index contributed by atoms with van der Waals surface area (Å²) in [5.41, 5.74) is 7.09. The molecule has 8 nitrogen and oxygen atoms in total. The second kappa shape index (κ2) is 9.47. The third-order valence-electron chi connectivity index (χ3n) is 5.05. The van der Waals surface area contributed by atoms with Crippen molar-refractivity contribution in [2.24, 2.45) is 5.73 Å². The Bertz CT molecular complexity index is 1240. The maximum Gasteiger partial charge on any atom is 0.573 e. The van der Waals surface area contributed by atoms with E-state index in [0.29, 0.717) is 27.6 Å². The molecule has 0 fully saturated rings. The van der Waals surface area contributed by atoms with Crippen LogP contribution < -0.4 is 19.9 Å². The first-order valence-electron chi connectivity index (χ1n) is 9.92. The number of ether oxygens (including phenoxy) is 4. The minimum Gasteiger partial charge on any atom is -0.493 e. The second-order valence-electron chi connectivity index (χ2n) is 7.19. The number of amides is 1. The fourth-order valence-corrected chi connectivity index (χ4v) is 4.64. The first kappa shape index (κ1) is 23.8. The van der Waals surface area contributed by atoms with Gasteiger partial charge < -0.3 is 24.7 Å². The van der Waals surface area contributed by atoms with Crippen LogP contribution in [0, 0.1) is 0 Å². The summed E-state index contributed by atoms with van der Waals surface area (Å²) in [6, 6.07) is 9.12. The molecular weight excluding hydrogens is 475 g/mol. The monoisotopic (exact) mass is 495 g/mol. The summed E-state index contributed by atoms with van der Waals surface area (Å²) in [6.07, 6.45) is -2.36. The van der Waals surface area contributed by atoms with Crippen LogP contribution in [0.2, 0.25) is 0 Å². The molecular formula is C22H20F3N3O5S. The van der Waals surface area contributed by atoms with E-state index in [0.717, 1.165) is 0 Å². The third-order valence-corrected chi connectivity index (χ3v) is 6.38. The standard InChI is InChI=1S/C22H20F3N3O5S/c1-30-16-7-13-14(8-17(16)31-2)28(11-27-13)19-9-18(20(34-19)21(26)29)32-10-12-5-3-4-6-15(12)33-22(23,24)25/h3-9,11,18,20H,10H2,1-2H3,(H2,26,29). The zero-order chi connectivity index (χ0) is 24.5. The predicted octanol–water partition coefficient (Wildman–Crippen LogP) is 3.94. The number of carbonyl (C=O) groups excluding carboxylic acids is 1. The SMILES string of the molecule is COc1cc2ncn(C3=CC(OCc4ccccc4OC(F)(F)F)C(C(N)=O)S3)c2cc1OC. The number of methoxy groups -OCH3 is 2. The normalized spacial score (nSPS) is 18.1. The number of hydrogen-bond donors (Lipinski definition) is 1. The highest BCUT2D eigenvalue weighted by Crippen LogP contribution is 2.41. The number of thioether (sulfide) groups is 1. The van der Waals surface area contributed by atoms with Gasteiger partial charge in [0.1, 0.15) is 17.3 Å². The number of halogens is 3. The van der Waals surface area contributed by atoms with E-state index in [9.17, 15) is 18.0 Å². The van der Waals surface area contributed by atoms with Crippen molar-refractivity contribution in [2.45, 2.75) is 24.3 Å². The predicted molar refractivity (Wildman–Crippen MR) is 119 cm³/mol. The minimum absolute atomic E-state index is 0.180. The number of imidazole rings is 1. The molecule has 0 spiro atoms. The van der Waals surface area contributed by atoms with Gasteiger partial charge in [0.2, 0.25) is 5.91 Å². The van der Waals surface area contributed by atoms with Gasteiger partial charge in [-0.05, 0) is 12.1 Å². The van der Waals surface area contributed by atoms with Crippen LogP contribution in [-0.4, -0.2) is 47.4 Å². The topological polar surface area (TPSA) is 97.8 Å². The number of alkyl halides is 3. The number of nitrogens with two attached hydrogens (primary N) is 1. The molecule has 0 saturated heterocycles. The molecule has 0 bridgehead atoms. The zero-order valence-corrected chi connectivity index (χ0v) is 18.9. The van der Waals surface area contributed by atoms with Crippen LogP contribution in [0.4, 0.5) is 13.2 Å². The van der Waals surface area contributed by atoms with Crippen molar-refractivity contribution < 1.29 is 36.9 Å². The molecule has 2 aromatic carbocycles. The van der Waals surface area contributed by atoms with Crippen LogP contribution in [0.5, 0.6) is 17.2 Å². The Morgan fingerprint density at radius 2 is 1.85 bits per heavy atom. The Labute approximate surface area is 196 Å². The number of carbonyl (C=O) groups is 1. The van der Waals surface area contributed by atoms with E-state index in [1.807, 2.05) is 0 Å². The van der Waals surface area contributed by atoms with Crippen molar-refractivity contribution in [2.75, 3.05) is 14.2 Å². The van der Waals surface area contributed by atoms with Crippen LogP contribution in [0.15, 0.2) is 48.8 Å². The number of benzene rings is 2. The lowest BCUT2D eigenvalue weighted by Crippen LogP contribution is -2.34. The van der Waals surface area contributed by atoms with E-state index in [2.05, 4.69) is 9.72 Å². The summed E-state index contributed by atoms with van der Waals surface area (Å²) in [6.45, 7) is -0.221. The summed E-state index contributed by atoms with van der Waals surface area (Å²) in [4.78, 5) is 16.5. The molecule has 180 valence electrons. The number of primary amides is 1. The van der Waals surface area contributed by atoms with E-state index >= 15 is 0 Å². The van der Waals surface area contributed by atoms with E-state index in [1.165, 1.54) is 44.2 Å². The molecule has 34 heavy (non-hydrogen) atoms. The molecule has 4 rings (SSSR count). The van der Waals surface area contributed by atoms with E-state index in [-0.39, 0.29) is 17.9 Å². The highest BCUT2D eigenvalue weighted by atomic mass is 32.2. The van der Waals surface area contributed by atoms with Gasteiger partial charge in [-0.25, -0.2) is 4.98 Å². The lowest BCUT2D eigenvalue weighted by molar-refractivity contribution is -0.275. The molecule has 2 N–H and O–H groups in total. The number of rotatable bonds is 8. The summed E-state index contributed by atoms with van der Waals surface area (Å²) in [5.74, 6) is 0.0250. The van der Waals surface area contributed by atoms with E-state index < -0.39 is 23.6 Å². The Hall–Kier alpha value is -3.38. The largest absolute Gasteiger partial charge is 0.573 e. The van der Waals surface area contributed by atoms with Crippen LogP contribution in [0.25, 0.3) is 16.1 Å². The Balaban J connectivity index is 1.61. The molecule has 1 aliphatic rings. The molecule has 3 aromatic rings. The van der Waals surface area contributed by atoms with Gasteiger partial charge in [-0.3, -0.25) is 9.36 Å². The van der Waals surface area contributed by atoms with Gasteiger partial charge in [0.25, 0.3) is 0 Å². The first-order chi connectivity index (χ1) is 16.2. The van der Waals surface area contributed by atoms with E-state index in [4.69, 9.17) is 19.9 Å². The van der Waals surface area contributed by atoms with Crippen LogP contribution in [-0.2, 0) is 16.1 Å². The van der Waals surface area contributed by atoms with Gasteiger partial charge in [0, 0.05) is 17.7 Å². The molecule has 0 radical (unpaired) electrons. The Morgan fingerprint density at radius 3 is 2.53 bits per heavy atom. The molecule has 1 amide bonds. The second-order valence-corrected chi connectivity index (χ2v) is 8.35. The van der Waals surface area contributed by atoms with E-state index in [1.54, 1.807) is 35.2 Å². The number of para-hydroxylation sites is 1. The average Bonchev–Trinajstić information content (AvgIpc) is 3.40. The molecule has 2 atom stereocenters. The lowest BCUT2D eigenvalue weighted by atomic mass is 10.2. The van der Waals surface area contributed by atoms with Crippen molar-refractivity contribution in [1.29, 1.82) is 0 Å². The minimum atomic E-state index is -4.84. The molecule has 1 aromatic heterocycles. The number of aromatic nitrogens is 2. The zero-order valence-electron chi connectivity index (χ0n) is 18.0. The maximum atomic E-state index is 12.7. The molecule has 0 saturated carbocycles. The average molecular weight is 495 g/mol. The molecule has 2 unspecified atom stereocenters. The Kier molecular flexibility index (Phi) is 6.62. The van der Waals surface area contributed by atoms with Crippen molar-refractivity contribution in [1.82, 2.24) is 9.55 Å². The lowest BCUT2D eigenvalue weighted by Gasteiger charge is -2.18. The van der Waals surface area contributed by atoms with Crippen molar-refractivity contribution >= 4 is 33.7 Å². The molecule has 0 aliphatic carbocycles. The fraction of sp³-hybridized carbons (Fsp3) is 0.273. The van der Waals surface area contributed by atoms with Gasteiger partial charge in [-0.15, -0.1) is 13.2 Å². The maximum absolute atomic E-state index is 12.7. The van der Waals surface area contributed by atoms with Gasteiger partial charge in [0.05, 0.1) is 43.0 Å². The number of hydrogen-bond acceptors (Lipinski definition) is 7. The highest BCUT2D eigenvalue weighted by molar-refractivity contribution is 8.09. The van der Waals surface area contributed by atoms with Gasteiger partial charge >= 0.3 is 6.36 Å². The summed E-state index contributed by atoms with van der Waals surface area (Å²) in [7, 11) is 3.04. The van der Waals surface area contributed by atoms with Gasteiger partial charge in [-0.2, -0.15) is 0 Å². The fourth-order valence-electron chi connectivity index (χ4n) is 3.50. The van der Waals surface area contributed by atoms with Gasteiger partial charge in [0.15, 0.2) is 11.5 Å².